The highest BCUT2D eigenvalue weighted by atomic mass is 16.4. The van der Waals surface area contributed by atoms with E-state index < -0.39 is 5.97 Å². The highest BCUT2D eigenvalue weighted by Gasteiger charge is 2.06. The number of carboxylic acids is 1. The Hall–Kier alpha value is -2.37. The van der Waals surface area contributed by atoms with E-state index in [0.717, 1.165) is 5.56 Å². The Labute approximate surface area is 130 Å². The lowest BCUT2D eigenvalue weighted by molar-refractivity contribution is -0.129. The summed E-state index contributed by atoms with van der Waals surface area (Å²) in [6.07, 6.45) is 1.88. The van der Waals surface area contributed by atoms with Gasteiger partial charge in [0, 0.05) is 33.5 Å². The molecule has 0 heterocycles. The fourth-order valence-electron chi connectivity index (χ4n) is 1.87. The molecule has 6 heteroatoms. The van der Waals surface area contributed by atoms with Gasteiger partial charge in [-0.1, -0.05) is 12.1 Å². The van der Waals surface area contributed by atoms with Gasteiger partial charge in [-0.15, -0.1) is 0 Å². The molecule has 2 N–H and O–H groups in total. The number of rotatable bonds is 8. The Balaban J connectivity index is 2.22. The number of nitrogens with zero attached hydrogens (tertiary/aromatic N) is 1. The molecular formula is C16H22N2O4. The van der Waals surface area contributed by atoms with Crippen LogP contribution >= 0.6 is 0 Å². The van der Waals surface area contributed by atoms with E-state index >= 15 is 0 Å². The summed E-state index contributed by atoms with van der Waals surface area (Å²) in [7, 11) is 3.38. The lowest BCUT2D eigenvalue weighted by Crippen LogP contribution is -2.26. The molecule has 2 amide bonds. The number of nitrogens with one attached hydrogen (secondary N) is 1. The van der Waals surface area contributed by atoms with Crippen LogP contribution in [0.15, 0.2) is 24.3 Å². The van der Waals surface area contributed by atoms with Crippen LogP contribution in [0.5, 0.6) is 0 Å². The minimum absolute atomic E-state index is 0.0197. The van der Waals surface area contributed by atoms with Gasteiger partial charge in [0.15, 0.2) is 0 Å². The van der Waals surface area contributed by atoms with Crippen molar-refractivity contribution in [1.29, 1.82) is 0 Å². The number of carbonyl (C=O) groups is 3. The molecule has 0 aliphatic rings. The summed E-state index contributed by atoms with van der Waals surface area (Å²) in [6, 6.07) is 6.58. The minimum atomic E-state index is -0.952. The number of carbonyl (C=O) groups excluding carboxylic acids is 2. The summed E-state index contributed by atoms with van der Waals surface area (Å²) < 4.78 is 0. The maximum absolute atomic E-state index is 11.6. The van der Waals surface area contributed by atoms with Crippen molar-refractivity contribution in [3.8, 4) is 0 Å². The number of aromatic carboxylic acids is 1. The molecule has 22 heavy (non-hydrogen) atoms. The second-order valence-corrected chi connectivity index (χ2v) is 5.24. The average molecular weight is 306 g/mol. The van der Waals surface area contributed by atoms with E-state index in [0.29, 0.717) is 32.2 Å². The number of amides is 2. The molecule has 0 radical (unpaired) electrons. The first-order valence-corrected chi connectivity index (χ1v) is 7.19. The Kier molecular flexibility index (Phi) is 7.08. The second-order valence-electron chi connectivity index (χ2n) is 5.24. The van der Waals surface area contributed by atoms with Crippen molar-refractivity contribution in [2.75, 3.05) is 20.6 Å². The van der Waals surface area contributed by atoms with Crippen molar-refractivity contribution >= 4 is 17.8 Å². The third kappa shape index (κ3) is 6.39. The van der Waals surface area contributed by atoms with E-state index in [4.69, 9.17) is 5.11 Å². The average Bonchev–Trinajstić information content (AvgIpc) is 2.47. The van der Waals surface area contributed by atoms with Gasteiger partial charge in [0.05, 0.1) is 5.56 Å². The van der Waals surface area contributed by atoms with E-state index in [1.165, 1.54) is 4.90 Å². The summed E-state index contributed by atoms with van der Waals surface area (Å²) in [6.45, 7) is 0.493. The van der Waals surface area contributed by atoms with Gasteiger partial charge in [-0.05, 0) is 30.5 Å². The molecule has 0 saturated heterocycles. The third-order valence-corrected chi connectivity index (χ3v) is 3.23. The van der Waals surface area contributed by atoms with Crippen LogP contribution in [0.1, 0.15) is 35.2 Å². The van der Waals surface area contributed by atoms with Crippen LogP contribution in [0.25, 0.3) is 0 Å². The van der Waals surface area contributed by atoms with Crippen molar-refractivity contribution in [1.82, 2.24) is 10.2 Å². The van der Waals surface area contributed by atoms with Crippen LogP contribution in [0.3, 0.4) is 0 Å². The Bertz CT molecular complexity index is 523. The van der Waals surface area contributed by atoms with Crippen molar-refractivity contribution in [2.45, 2.75) is 25.7 Å². The monoisotopic (exact) mass is 306 g/mol. The summed E-state index contributed by atoms with van der Waals surface area (Å²) >= 11 is 0. The highest BCUT2D eigenvalue weighted by Crippen LogP contribution is 2.05. The lowest BCUT2D eigenvalue weighted by atomic mass is 10.1. The molecule has 0 aromatic heterocycles. The first-order valence-electron chi connectivity index (χ1n) is 7.19. The van der Waals surface area contributed by atoms with E-state index in [1.807, 2.05) is 0 Å². The van der Waals surface area contributed by atoms with Crippen LogP contribution in [-0.2, 0) is 16.0 Å². The number of benzene rings is 1. The van der Waals surface area contributed by atoms with Gasteiger partial charge < -0.3 is 15.3 Å². The minimum Gasteiger partial charge on any atom is -0.478 e. The fourth-order valence-corrected chi connectivity index (χ4v) is 1.87. The molecule has 1 aromatic rings. The van der Waals surface area contributed by atoms with Gasteiger partial charge in [0.2, 0.25) is 11.8 Å². The van der Waals surface area contributed by atoms with Gasteiger partial charge in [0.25, 0.3) is 0 Å². The summed E-state index contributed by atoms with van der Waals surface area (Å²) in [5.41, 5.74) is 1.21. The van der Waals surface area contributed by atoms with Gasteiger partial charge in [-0.3, -0.25) is 9.59 Å². The largest absolute Gasteiger partial charge is 0.478 e. The SMILES string of the molecule is CN(C)C(=O)CCCC(=O)NCCc1ccc(C(=O)O)cc1. The molecule has 0 unspecified atom stereocenters. The van der Waals surface area contributed by atoms with Crippen molar-refractivity contribution in [3.63, 3.8) is 0 Å². The van der Waals surface area contributed by atoms with Crippen molar-refractivity contribution in [3.05, 3.63) is 35.4 Å². The Morgan fingerprint density at radius 1 is 1.09 bits per heavy atom. The van der Waals surface area contributed by atoms with Crippen LogP contribution in [-0.4, -0.2) is 48.4 Å². The molecule has 0 bridgehead atoms. The molecule has 0 saturated carbocycles. The van der Waals surface area contributed by atoms with Gasteiger partial charge in [-0.2, -0.15) is 0 Å². The number of carboxylic acid groups (broad SMARTS) is 1. The molecule has 0 aliphatic carbocycles. The molecule has 0 spiro atoms. The van der Waals surface area contributed by atoms with Crippen molar-refractivity contribution < 1.29 is 19.5 Å². The number of hydrogen-bond donors (Lipinski definition) is 2. The van der Waals surface area contributed by atoms with Crippen LogP contribution < -0.4 is 5.32 Å². The van der Waals surface area contributed by atoms with Crippen LogP contribution in [0, 0.1) is 0 Å². The smallest absolute Gasteiger partial charge is 0.335 e. The molecule has 1 aromatic carbocycles. The van der Waals surface area contributed by atoms with Crippen molar-refractivity contribution in [2.24, 2.45) is 0 Å². The second kappa shape index (κ2) is 8.81. The fraction of sp³-hybridized carbons (Fsp3) is 0.438. The summed E-state index contributed by atoms with van der Waals surface area (Å²) in [4.78, 5) is 35.2. The molecule has 0 aliphatic heterocycles. The van der Waals surface area contributed by atoms with Crippen LogP contribution in [0.4, 0.5) is 0 Å². The molecule has 0 atom stereocenters. The number of hydrogen-bond acceptors (Lipinski definition) is 3. The van der Waals surface area contributed by atoms with E-state index in [2.05, 4.69) is 5.32 Å². The van der Waals surface area contributed by atoms with E-state index in [9.17, 15) is 14.4 Å². The quantitative estimate of drug-likeness (QED) is 0.758. The maximum atomic E-state index is 11.6. The van der Waals surface area contributed by atoms with Crippen LogP contribution in [0.2, 0.25) is 0 Å². The highest BCUT2D eigenvalue weighted by molar-refractivity contribution is 5.87. The predicted octanol–water partition coefficient (Wildman–Crippen LogP) is 1.30. The Morgan fingerprint density at radius 2 is 1.73 bits per heavy atom. The summed E-state index contributed by atoms with van der Waals surface area (Å²) in [5.74, 6) is -1.01. The van der Waals surface area contributed by atoms with Gasteiger partial charge in [0.1, 0.15) is 0 Å². The molecule has 6 nitrogen and oxygen atoms in total. The zero-order valence-electron chi connectivity index (χ0n) is 13.0. The summed E-state index contributed by atoms with van der Waals surface area (Å²) in [5, 5.41) is 11.6. The van der Waals surface area contributed by atoms with Gasteiger partial charge in [-0.25, -0.2) is 4.79 Å². The molecule has 1 rings (SSSR count). The zero-order chi connectivity index (χ0) is 16.5. The molecular weight excluding hydrogens is 284 g/mol. The van der Waals surface area contributed by atoms with E-state index in [-0.39, 0.29) is 17.4 Å². The first-order chi connectivity index (χ1) is 10.4. The lowest BCUT2D eigenvalue weighted by Gasteiger charge is -2.09. The molecule has 120 valence electrons. The molecule has 0 fully saturated rings. The van der Waals surface area contributed by atoms with E-state index in [1.54, 1.807) is 38.4 Å². The third-order valence-electron chi connectivity index (χ3n) is 3.23. The first kappa shape index (κ1) is 17.7. The standard InChI is InChI=1S/C16H22N2O4/c1-18(2)15(20)5-3-4-14(19)17-11-10-12-6-8-13(9-7-12)16(21)22/h6-9H,3-5,10-11H2,1-2H3,(H,17,19)(H,21,22). The topological polar surface area (TPSA) is 86.7 Å². The van der Waals surface area contributed by atoms with Gasteiger partial charge >= 0.3 is 5.97 Å². The Morgan fingerprint density at radius 3 is 2.27 bits per heavy atom. The maximum Gasteiger partial charge on any atom is 0.335 e. The normalized spacial score (nSPS) is 10.1. The predicted molar refractivity (Wildman–Crippen MR) is 82.7 cm³/mol. The zero-order valence-corrected chi connectivity index (χ0v) is 13.0.